The number of hydrogen-bond acceptors (Lipinski definition) is 7. The van der Waals surface area contributed by atoms with Crippen molar-refractivity contribution < 1.29 is 28.0 Å². The Morgan fingerprint density at radius 1 is 1.00 bits per heavy atom. The molecule has 4 amide bonds. The van der Waals surface area contributed by atoms with Crippen LogP contribution >= 0.6 is 0 Å². The topological polar surface area (TPSA) is 135 Å². The third kappa shape index (κ3) is 5.99. The van der Waals surface area contributed by atoms with Crippen LogP contribution in [-0.4, -0.2) is 108 Å². The second kappa shape index (κ2) is 13.8. The third-order valence-electron chi connectivity index (χ3n) is 10.9. The molecule has 2 fully saturated rings. The molecule has 0 unspecified atom stereocenters. The van der Waals surface area contributed by atoms with Crippen molar-refractivity contribution in [2.24, 2.45) is 11.8 Å². The third-order valence-corrected chi connectivity index (χ3v) is 10.9. The molecule has 12 nitrogen and oxygen atoms in total. The number of fused-ring (bicyclic) bond motifs is 5. The Hall–Kier alpha value is -4.84. The average Bonchev–Trinajstić information content (AvgIpc) is 3.92. The van der Waals surface area contributed by atoms with Crippen LogP contribution in [0.1, 0.15) is 54.4 Å². The first-order valence-electron chi connectivity index (χ1n) is 17.7. The molecule has 3 aliphatic heterocycles. The number of aromatic amines is 1. The molecule has 0 radical (unpaired) electrons. The maximum absolute atomic E-state index is 14.9. The minimum absolute atomic E-state index is 0.0400. The summed E-state index contributed by atoms with van der Waals surface area (Å²) in [4.78, 5) is 66.7. The monoisotopic (exact) mass is 682 g/mol. The zero-order valence-corrected chi connectivity index (χ0v) is 29.1. The SMILES string of the molecule is CC[C@]12c3[nH]c4cc(-c5ccco5)ccc4c3CCN1C(=O)[C@@H](CC(=O)NCCCN(C)C)C[C@@H]2C(=O)N1CCN(C(=O)c2ccco2)CC1. The Bertz CT molecular complexity index is 1860. The lowest BCUT2D eigenvalue weighted by Gasteiger charge is -2.56. The minimum Gasteiger partial charge on any atom is -0.464 e. The van der Waals surface area contributed by atoms with E-state index in [-0.39, 0.29) is 42.2 Å². The standard InChI is InChI=1S/C38H46N6O6/c1-4-38-29(36(47)42-16-18-43(19-17-42)37(48)32-9-6-21-50-32)22-26(24-33(45)39-13-7-14-41(2)3)35(46)44(38)15-12-28-27-11-10-25(31-8-5-20-49-31)23-30(27)40-34(28)38/h5-6,8-11,20-21,23,26,29,40H,4,7,12-19,22,24H2,1-3H3,(H,39,45)/t26-,29-,38+/m1/s1. The van der Waals surface area contributed by atoms with Crippen molar-refractivity contribution in [3.05, 3.63) is 72.0 Å². The van der Waals surface area contributed by atoms with Gasteiger partial charge >= 0.3 is 0 Å². The van der Waals surface area contributed by atoms with E-state index in [4.69, 9.17) is 8.83 Å². The van der Waals surface area contributed by atoms with Gasteiger partial charge in [0.25, 0.3) is 5.91 Å². The van der Waals surface area contributed by atoms with Crippen LogP contribution in [0.2, 0.25) is 0 Å². The summed E-state index contributed by atoms with van der Waals surface area (Å²) in [5.41, 5.74) is 2.99. The molecule has 7 rings (SSSR count). The highest BCUT2D eigenvalue weighted by molar-refractivity contribution is 5.94. The van der Waals surface area contributed by atoms with E-state index in [1.807, 2.05) is 49.0 Å². The predicted octanol–water partition coefficient (Wildman–Crippen LogP) is 4.09. The van der Waals surface area contributed by atoms with E-state index >= 15 is 0 Å². The van der Waals surface area contributed by atoms with Crippen LogP contribution < -0.4 is 5.32 Å². The Morgan fingerprint density at radius 3 is 2.46 bits per heavy atom. The van der Waals surface area contributed by atoms with E-state index in [1.54, 1.807) is 23.3 Å². The number of furan rings is 2. The lowest BCUT2D eigenvalue weighted by Crippen LogP contribution is -2.66. The van der Waals surface area contributed by atoms with Crippen molar-refractivity contribution in [2.75, 3.05) is 59.9 Å². The minimum atomic E-state index is -0.911. The van der Waals surface area contributed by atoms with Gasteiger partial charge in [-0.1, -0.05) is 19.1 Å². The molecule has 2 N–H and O–H groups in total. The van der Waals surface area contributed by atoms with Crippen molar-refractivity contribution in [2.45, 2.75) is 44.6 Å². The maximum atomic E-state index is 14.9. The number of piperazine rings is 1. The van der Waals surface area contributed by atoms with Gasteiger partial charge in [0, 0.05) is 73.8 Å². The Morgan fingerprint density at radius 2 is 1.76 bits per heavy atom. The normalized spacial score (nSPS) is 22.2. The number of amides is 4. The smallest absolute Gasteiger partial charge is 0.289 e. The van der Waals surface area contributed by atoms with Crippen LogP contribution in [-0.2, 0) is 26.3 Å². The molecule has 12 heteroatoms. The second-order valence-electron chi connectivity index (χ2n) is 14.0. The van der Waals surface area contributed by atoms with Crippen molar-refractivity contribution in [3.63, 3.8) is 0 Å². The summed E-state index contributed by atoms with van der Waals surface area (Å²) in [6, 6.07) is 13.3. The maximum Gasteiger partial charge on any atom is 0.289 e. The molecular weight excluding hydrogens is 636 g/mol. The quantitative estimate of drug-likeness (QED) is 0.241. The Balaban J connectivity index is 1.20. The number of carbonyl (C=O) groups excluding carboxylic acids is 4. The average molecular weight is 683 g/mol. The van der Waals surface area contributed by atoms with E-state index in [0.717, 1.165) is 46.4 Å². The summed E-state index contributed by atoms with van der Waals surface area (Å²) < 4.78 is 11.0. The number of nitrogens with one attached hydrogen (secondary N) is 2. The van der Waals surface area contributed by atoms with Gasteiger partial charge in [0.1, 0.15) is 5.76 Å². The van der Waals surface area contributed by atoms with Gasteiger partial charge < -0.3 is 38.7 Å². The first-order chi connectivity index (χ1) is 24.2. The first kappa shape index (κ1) is 33.6. The van der Waals surface area contributed by atoms with Crippen molar-refractivity contribution >= 4 is 34.5 Å². The molecule has 4 aromatic rings. The molecule has 50 heavy (non-hydrogen) atoms. The van der Waals surface area contributed by atoms with E-state index in [1.165, 1.54) is 6.26 Å². The molecule has 2 saturated heterocycles. The molecular formula is C38H46N6O6. The van der Waals surface area contributed by atoms with Gasteiger partial charge in [-0.15, -0.1) is 0 Å². The summed E-state index contributed by atoms with van der Waals surface area (Å²) in [5, 5.41) is 4.07. The van der Waals surface area contributed by atoms with E-state index in [0.29, 0.717) is 52.1 Å². The molecule has 0 spiro atoms. The highest BCUT2D eigenvalue weighted by Gasteiger charge is 2.59. The lowest BCUT2D eigenvalue weighted by molar-refractivity contribution is -0.167. The van der Waals surface area contributed by atoms with Gasteiger partial charge in [0.15, 0.2) is 5.76 Å². The number of carbonyl (C=O) groups is 4. The zero-order chi connectivity index (χ0) is 35.0. The van der Waals surface area contributed by atoms with Gasteiger partial charge in [-0.25, -0.2) is 0 Å². The summed E-state index contributed by atoms with van der Waals surface area (Å²) in [6.07, 6.45) is 5.42. The fourth-order valence-electron chi connectivity index (χ4n) is 8.42. The Kier molecular flexibility index (Phi) is 9.30. The van der Waals surface area contributed by atoms with Crippen molar-refractivity contribution in [3.8, 4) is 11.3 Å². The summed E-state index contributed by atoms with van der Waals surface area (Å²) in [5.74, 6) is -0.639. The van der Waals surface area contributed by atoms with Gasteiger partial charge in [-0.05, 0) is 82.2 Å². The first-order valence-corrected chi connectivity index (χ1v) is 17.7. The molecule has 0 aliphatic carbocycles. The molecule has 1 aromatic carbocycles. The molecule has 264 valence electrons. The van der Waals surface area contributed by atoms with E-state index in [2.05, 4.69) is 27.3 Å². The van der Waals surface area contributed by atoms with Crippen molar-refractivity contribution in [1.82, 2.24) is 29.9 Å². The summed E-state index contributed by atoms with van der Waals surface area (Å²) in [6.45, 7) is 5.40. The predicted molar refractivity (Wildman–Crippen MR) is 187 cm³/mol. The highest BCUT2D eigenvalue weighted by atomic mass is 16.3. The largest absolute Gasteiger partial charge is 0.464 e. The molecule has 0 bridgehead atoms. The van der Waals surface area contributed by atoms with Crippen LogP contribution in [0, 0.1) is 11.8 Å². The van der Waals surface area contributed by atoms with Crippen LogP contribution in [0.4, 0.5) is 0 Å². The molecule has 3 aromatic heterocycles. The summed E-state index contributed by atoms with van der Waals surface area (Å²) in [7, 11) is 3.98. The van der Waals surface area contributed by atoms with E-state index in [9.17, 15) is 19.2 Å². The number of piperidine rings is 1. The number of aromatic nitrogens is 1. The van der Waals surface area contributed by atoms with Crippen LogP contribution in [0.15, 0.2) is 63.8 Å². The van der Waals surface area contributed by atoms with Gasteiger partial charge in [-0.3, -0.25) is 19.2 Å². The second-order valence-corrected chi connectivity index (χ2v) is 14.0. The van der Waals surface area contributed by atoms with Crippen LogP contribution in [0.5, 0.6) is 0 Å². The highest BCUT2D eigenvalue weighted by Crippen LogP contribution is 2.52. The van der Waals surface area contributed by atoms with Gasteiger partial charge in [-0.2, -0.15) is 0 Å². The van der Waals surface area contributed by atoms with Crippen molar-refractivity contribution in [1.29, 1.82) is 0 Å². The van der Waals surface area contributed by atoms with E-state index < -0.39 is 17.4 Å². The molecule has 6 heterocycles. The molecule has 0 saturated carbocycles. The number of benzene rings is 1. The van der Waals surface area contributed by atoms with Gasteiger partial charge in [0.05, 0.1) is 24.0 Å². The van der Waals surface area contributed by atoms with Gasteiger partial charge in [0.2, 0.25) is 17.7 Å². The number of nitrogens with zero attached hydrogens (tertiary/aromatic N) is 4. The zero-order valence-electron chi connectivity index (χ0n) is 29.1. The fourth-order valence-corrected chi connectivity index (χ4v) is 8.42. The number of H-pyrrole nitrogens is 1. The molecule has 3 aliphatic rings. The Labute approximate surface area is 291 Å². The van der Waals surface area contributed by atoms with Crippen LogP contribution in [0.3, 0.4) is 0 Å². The molecule has 3 atom stereocenters. The van der Waals surface area contributed by atoms with Crippen LogP contribution in [0.25, 0.3) is 22.2 Å². The summed E-state index contributed by atoms with van der Waals surface area (Å²) >= 11 is 0. The fraction of sp³-hybridized carbons (Fsp3) is 0.474. The lowest BCUT2D eigenvalue weighted by atomic mass is 9.65. The number of rotatable bonds is 10. The number of hydrogen-bond donors (Lipinski definition) is 2.